The fraction of sp³-hybridized carbons (Fsp3) is 0.333. The number of hydrogen-bond acceptors (Lipinski definition) is 5. The number of thiazole rings is 1. The van der Waals surface area contributed by atoms with Gasteiger partial charge in [-0.05, 0) is 41.4 Å². The third-order valence-electron chi connectivity index (χ3n) is 3.02. The quantitative estimate of drug-likeness (QED) is 0.785. The molecule has 0 bridgehead atoms. The molecular weight excluding hydrogens is 403 g/mol. The Hall–Kier alpha value is -1.00. The van der Waals surface area contributed by atoms with Crippen LogP contribution in [0.4, 0.5) is 13.2 Å². The molecule has 22 heavy (non-hydrogen) atoms. The zero-order chi connectivity index (χ0) is 16.7. The van der Waals surface area contributed by atoms with Gasteiger partial charge in [0, 0.05) is 11.1 Å². The molecule has 0 aliphatic heterocycles. The van der Waals surface area contributed by atoms with Crippen molar-refractivity contribution in [1.82, 2.24) is 9.97 Å². The topological polar surface area (TPSA) is 66.7 Å². The second-order valence-electron chi connectivity index (χ2n) is 4.54. The summed E-state index contributed by atoms with van der Waals surface area (Å²) in [6.07, 6.45) is -3.52. The molecular formula is C12H11BrF3N3OS2. The molecule has 2 aromatic rings. The van der Waals surface area contributed by atoms with E-state index in [1.807, 2.05) is 0 Å². The standard InChI is InChI=1S/C12H11BrF3N3OS2/c1-6-10(13)19-11(21-6)22(17,20)7(2)8-3-4-9(18-5-8)12(14,15)16/h3-5,7,17H,1-2H3. The number of halogens is 4. The lowest BCUT2D eigenvalue weighted by atomic mass is 10.2. The van der Waals surface area contributed by atoms with E-state index in [1.54, 1.807) is 6.92 Å². The first-order valence-electron chi connectivity index (χ1n) is 5.97. The largest absolute Gasteiger partial charge is 0.433 e. The molecule has 2 heterocycles. The maximum Gasteiger partial charge on any atom is 0.433 e. The van der Waals surface area contributed by atoms with Gasteiger partial charge in [-0.3, -0.25) is 4.98 Å². The number of alkyl halides is 3. The summed E-state index contributed by atoms with van der Waals surface area (Å²) in [7, 11) is -3.29. The molecule has 0 radical (unpaired) electrons. The molecule has 0 aliphatic carbocycles. The van der Waals surface area contributed by atoms with Crippen LogP contribution in [0.5, 0.6) is 0 Å². The predicted octanol–water partition coefficient (Wildman–Crippen LogP) is 4.79. The SMILES string of the molecule is Cc1sc(S(=N)(=O)C(C)c2ccc(C(F)(F)F)nc2)nc1Br. The van der Waals surface area contributed by atoms with Gasteiger partial charge in [0.25, 0.3) is 0 Å². The van der Waals surface area contributed by atoms with Crippen LogP contribution < -0.4 is 0 Å². The smallest absolute Gasteiger partial charge is 0.251 e. The van der Waals surface area contributed by atoms with Crippen LogP contribution in [0.1, 0.15) is 28.3 Å². The zero-order valence-corrected chi connectivity index (χ0v) is 14.7. The van der Waals surface area contributed by atoms with Crippen LogP contribution in [0, 0.1) is 11.7 Å². The monoisotopic (exact) mass is 413 g/mol. The van der Waals surface area contributed by atoms with Gasteiger partial charge < -0.3 is 0 Å². The first-order chi connectivity index (χ1) is 10.0. The number of nitrogens with zero attached hydrogens (tertiary/aromatic N) is 2. The van der Waals surface area contributed by atoms with Crippen LogP contribution in [0.15, 0.2) is 27.3 Å². The summed E-state index contributed by atoms with van der Waals surface area (Å²) >= 11 is 4.33. The van der Waals surface area contributed by atoms with Crippen molar-refractivity contribution in [3.8, 4) is 0 Å². The van der Waals surface area contributed by atoms with Crippen LogP contribution >= 0.6 is 27.3 Å². The average Bonchev–Trinajstić information content (AvgIpc) is 2.78. The van der Waals surface area contributed by atoms with E-state index in [1.165, 1.54) is 13.0 Å². The molecule has 4 nitrogen and oxygen atoms in total. The molecule has 2 rings (SSSR count). The number of pyridine rings is 1. The van der Waals surface area contributed by atoms with E-state index >= 15 is 0 Å². The van der Waals surface area contributed by atoms with Gasteiger partial charge in [0.2, 0.25) is 0 Å². The second kappa shape index (κ2) is 5.89. The van der Waals surface area contributed by atoms with Gasteiger partial charge in [-0.15, -0.1) is 11.3 Å². The van der Waals surface area contributed by atoms with Gasteiger partial charge in [-0.25, -0.2) is 14.0 Å². The van der Waals surface area contributed by atoms with E-state index in [9.17, 15) is 17.4 Å². The van der Waals surface area contributed by atoms with Crippen LogP contribution in [-0.4, -0.2) is 14.2 Å². The summed E-state index contributed by atoms with van der Waals surface area (Å²) in [5.41, 5.74) is -0.718. The average molecular weight is 414 g/mol. The van der Waals surface area contributed by atoms with Gasteiger partial charge in [0.1, 0.15) is 20.0 Å². The molecule has 0 saturated heterocycles. The highest BCUT2D eigenvalue weighted by atomic mass is 79.9. The Balaban J connectivity index is 2.36. The summed E-state index contributed by atoms with van der Waals surface area (Å²) in [6.45, 7) is 3.29. The molecule has 0 spiro atoms. The first kappa shape index (κ1) is 17.4. The van der Waals surface area contributed by atoms with E-state index in [0.717, 1.165) is 28.5 Å². The Morgan fingerprint density at radius 3 is 2.45 bits per heavy atom. The van der Waals surface area contributed by atoms with Crippen LogP contribution in [0.2, 0.25) is 0 Å². The van der Waals surface area contributed by atoms with Gasteiger partial charge in [-0.2, -0.15) is 13.2 Å². The van der Waals surface area contributed by atoms with Gasteiger partial charge >= 0.3 is 6.18 Å². The normalized spacial score (nSPS) is 16.3. The Morgan fingerprint density at radius 1 is 1.41 bits per heavy atom. The zero-order valence-electron chi connectivity index (χ0n) is 11.4. The second-order valence-corrected chi connectivity index (χ2v) is 9.05. The number of hydrogen-bond donors (Lipinski definition) is 1. The van der Waals surface area contributed by atoms with E-state index in [0.29, 0.717) is 10.2 Å². The molecule has 0 amide bonds. The molecule has 120 valence electrons. The predicted molar refractivity (Wildman–Crippen MR) is 81.3 cm³/mol. The summed E-state index contributed by atoms with van der Waals surface area (Å²) in [6, 6.07) is 2.02. The Labute approximate surface area is 137 Å². The Morgan fingerprint density at radius 2 is 2.05 bits per heavy atom. The van der Waals surface area contributed by atoms with Crippen molar-refractivity contribution in [2.45, 2.75) is 29.6 Å². The van der Waals surface area contributed by atoms with E-state index < -0.39 is 26.8 Å². The highest BCUT2D eigenvalue weighted by Crippen LogP contribution is 2.35. The third kappa shape index (κ3) is 3.33. The summed E-state index contributed by atoms with van der Waals surface area (Å²) in [4.78, 5) is 8.18. The van der Waals surface area contributed by atoms with Gasteiger partial charge in [0.05, 0.1) is 5.25 Å². The van der Waals surface area contributed by atoms with Crippen molar-refractivity contribution in [3.05, 3.63) is 39.1 Å². The molecule has 1 N–H and O–H groups in total. The van der Waals surface area contributed by atoms with Crippen LogP contribution in [0.3, 0.4) is 0 Å². The number of nitrogens with one attached hydrogen (secondary N) is 1. The number of aryl methyl sites for hydroxylation is 1. The molecule has 0 fully saturated rings. The third-order valence-corrected chi connectivity index (χ3v) is 7.69. The Bertz CT molecular complexity index is 765. The molecule has 0 saturated carbocycles. The summed E-state index contributed by atoms with van der Waals surface area (Å²) in [5, 5.41) is -0.820. The lowest BCUT2D eigenvalue weighted by molar-refractivity contribution is -0.141. The van der Waals surface area contributed by atoms with Crippen LogP contribution in [-0.2, 0) is 15.9 Å². The highest BCUT2D eigenvalue weighted by Gasteiger charge is 2.33. The maximum absolute atomic E-state index is 12.7. The first-order valence-corrected chi connectivity index (χ1v) is 9.20. The van der Waals surface area contributed by atoms with Gasteiger partial charge in [0.15, 0.2) is 4.34 Å². The fourth-order valence-corrected chi connectivity index (χ4v) is 5.18. The van der Waals surface area contributed by atoms with Crippen molar-refractivity contribution in [3.63, 3.8) is 0 Å². The van der Waals surface area contributed by atoms with Crippen molar-refractivity contribution in [1.29, 1.82) is 4.78 Å². The van der Waals surface area contributed by atoms with Crippen LogP contribution in [0.25, 0.3) is 0 Å². The number of aromatic nitrogens is 2. The minimum atomic E-state index is -4.53. The molecule has 0 aliphatic rings. The van der Waals surface area contributed by atoms with Crippen molar-refractivity contribution in [2.24, 2.45) is 0 Å². The summed E-state index contributed by atoms with van der Waals surface area (Å²) in [5.74, 6) is 0. The molecule has 0 aromatic carbocycles. The molecule has 10 heteroatoms. The van der Waals surface area contributed by atoms with Crippen molar-refractivity contribution >= 4 is 37.0 Å². The van der Waals surface area contributed by atoms with E-state index in [-0.39, 0.29) is 4.34 Å². The van der Waals surface area contributed by atoms with Crippen molar-refractivity contribution < 1.29 is 17.4 Å². The van der Waals surface area contributed by atoms with E-state index in [4.69, 9.17) is 4.78 Å². The fourth-order valence-electron chi connectivity index (χ4n) is 1.64. The molecule has 2 aromatic heterocycles. The number of rotatable bonds is 3. The lowest BCUT2D eigenvalue weighted by Gasteiger charge is -2.14. The van der Waals surface area contributed by atoms with Crippen molar-refractivity contribution in [2.75, 3.05) is 0 Å². The molecule has 2 atom stereocenters. The van der Waals surface area contributed by atoms with E-state index in [2.05, 4.69) is 25.9 Å². The minimum Gasteiger partial charge on any atom is -0.251 e. The summed E-state index contributed by atoms with van der Waals surface area (Å²) < 4.78 is 58.9. The Kier molecular flexibility index (Phi) is 4.65. The van der Waals surface area contributed by atoms with Gasteiger partial charge in [-0.1, -0.05) is 6.07 Å². The maximum atomic E-state index is 12.7. The lowest BCUT2D eigenvalue weighted by Crippen LogP contribution is -2.12. The minimum absolute atomic E-state index is 0.143. The molecule has 2 unspecified atom stereocenters. The highest BCUT2D eigenvalue weighted by molar-refractivity contribution is 9.10.